The number of morpholine rings is 1. The molecule has 1 aliphatic heterocycles. The molecule has 2 unspecified atom stereocenters. The summed E-state index contributed by atoms with van der Waals surface area (Å²) in [5.74, 6) is 0.150. The molecule has 3 aromatic rings. The van der Waals surface area contributed by atoms with Crippen molar-refractivity contribution in [1.29, 1.82) is 0 Å². The van der Waals surface area contributed by atoms with E-state index in [1.807, 2.05) is 34.7 Å². The van der Waals surface area contributed by atoms with E-state index < -0.39 is 0 Å². The van der Waals surface area contributed by atoms with Gasteiger partial charge in [0.2, 0.25) is 5.91 Å². The van der Waals surface area contributed by atoms with Gasteiger partial charge in [-0.3, -0.25) is 9.20 Å². The normalized spacial score (nSPS) is 20.7. The summed E-state index contributed by atoms with van der Waals surface area (Å²) < 4.78 is 7.77. The Morgan fingerprint density at radius 2 is 1.92 bits per heavy atom. The molecule has 4 rings (SSSR count). The van der Waals surface area contributed by atoms with Crippen molar-refractivity contribution in [3.63, 3.8) is 0 Å². The molecule has 3 heterocycles. The SMILES string of the molecule is Cc1ccc(-c2cn3c(CC(=O)N4CC(C)OC(C)C4)csc3n2)cc1. The number of benzene rings is 1. The second-order valence-corrected chi connectivity index (χ2v) is 7.94. The topological polar surface area (TPSA) is 46.8 Å². The van der Waals surface area contributed by atoms with Gasteiger partial charge in [-0.1, -0.05) is 29.8 Å². The summed E-state index contributed by atoms with van der Waals surface area (Å²) in [5, 5.41) is 2.03. The molecule has 0 N–H and O–H groups in total. The Hall–Kier alpha value is -2.18. The number of amides is 1. The van der Waals surface area contributed by atoms with E-state index in [2.05, 4.69) is 31.2 Å². The molecule has 26 heavy (non-hydrogen) atoms. The summed E-state index contributed by atoms with van der Waals surface area (Å²) in [4.78, 5) is 20.3. The van der Waals surface area contributed by atoms with E-state index in [0.29, 0.717) is 19.5 Å². The molecule has 0 spiro atoms. The lowest BCUT2D eigenvalue weighted by Gasteiger charge is -2.35. The van der Waals surface area contributed by atoms with Crippen LogP contribution in [0.3, 0.4) is 0 Å². The van der Waals surface area contributed by atoms with Gasteiger partial charge < -0.3 is 9.64 Å². The Balaban J connectivity index is 1.55. The third-order valence-corrected chi connectivity index (χ3v) is 5.62. The van der Waals surface area contributed by atoms with Gasteiger partial charge in [0.05, 0.1) is 24.3 Å². The molecule has 0 bridgehead atoms. The van der Waals surface area contributed by atoms with E-state index >= 15 is 0 Å². The summed E-state index contributed by atoms with van der Waals surface area (Å²) in [6, 6.07) is 8.36. The van der Waals surface area contributed by atoms with Crippen molar-refractivity contribution in [2.24, 2.45) is 0 Å². The first-order valence-corrected chi connectivity index (χ1v) is 9.83. The maximum Gasteiger partial charge on any atom is 0.228 e. The molecular formula is C20H23N3O2S. The van der Waals surface area contributed by atoms with Crippen molar-refractivity contribution in [1.82, 2.24) is 14.3 Å². The van der Waals surface area contributed by atoms with E-state index in [0.717, 1.165) is 21.9 Å². The molecule has 0 radical (unpaired) electrons. The Bertz CT molecular complexity index is 918. The minimum atomic E-state index is 0.0894. The standard InChI is InChI=1S/C20H23N3O2S/c1-13-4-6-16(7-5-13)18-11-23-17(12-26-20(23)21-18)8-19(24)22-9-14(2)25-15(3)10-22/h4-7,11-12,14-15H,8-10H2,1-3H3. The first-order chi connectivity index (χ1) is 12.5. The number of imidazole rings is 1. The first-order valence-electron chi connectivity index (χ1n) is 8.95. The van der Waals surface area contributed by atoms with E-state index in [1.54, 1.807) is 11.3 Å². The highest BCUT2D eigenvalue weighted by molar-refractivity contribution is 7.15. The highest BCUT2D eigenvalue weighted by atomic mass is 32.1. The molecule has 6 heteroatoms. The number of aryl methyl sites for hydroxylation is 1. The Labute approximate surface area is 157 Å². The number of carbonyl (C=O) groups is 1. The van der Waals surface area contributed by atoms with Gasteiger partial charge in [0.1, 0.15) is 0 Å². The van der Waals surface area contributed by atoms with E-state index in [1.165, 1.54) is 5.56 Å². The molecule has 0 aliphatic carbocycles. The Kier molecular flexibility index (Phi) is 4.54. The van der Waals surface area contributed by atoms with Crippen LogP contribution in [0, 0.1) is 6.92 Å². The summed E-state index contributed by atoms with van der Waals surface area (Å²) in [6.07, 6.45) is 2.60. The molecule has 1 saturated heterocycles. The molecular weight excluding hydrogens is 346 g/mol. The molecule has 1 amide bonds. The minimum Gasteiger partial charge on any atom is -0.372 e. The van der Waals surface area contributed by atoms with Gasteiger partial charge in [-0.05, 0) is 20.8 Å². The zero-order valence-corrected chi connectivity index (χ0v) is 16.1. The van der Waals surface area contributed by atoms with Crippen LogP contribution in [0.25, 0.3) is 16.2 Å². The second-order valence-electron chi connectivity index (χ2n) is 7.10. The van der Waals surface area contributed by atoms with Crippen molar-refractivity contribution < 1.29 is 9.53 Å². The van der Waals surface area contributed by atoms with Crippen LogP contribution in [0.4, 0.5) is 0 Å². The van der Waals surface area contributed by atoms with Crippen molar-refractivity contribution in [3.05, 3.63) is 47.1 Å². The van der Waals surface area contributed by atoms with Gasteiger partial charge in [-0.2, -0.15) is 0 Å². The van der Waals surface area contributed by atoms with Crippen molar-refractivity contribution in [2.45, 2.75) is 39.4 Å². The highest BCUT2D eigenvalue weighted by Crippen LogP contribution is 2.24. The summed E-state index contributed by atoms with van der Waals surface area (Å²) >= 11 is 1.58. The zero-order chi connectivity index (χ0) is 18.3. The number of thiazole rings is 1. The zero-order valence-electron chi connectivity index (χ0n) is 15.3. The number of hydrogen-bond donors (Lipinski definition) is 0. The Morgan fingerprint density at radius 1 is 1.23 bits per heavy atom. The van der Waals surface area contributed by atoms with Crippen molar-refractivity contribution in [2.75, 3.05) is 13.1 Å². The van der Waals surface area contributed by atoms with Gasteiger partial charge in [0, 0.05) is 35.9 Å². The number of carbonyl (C=O) groups excluding carboxylic acids is 1. The van der Waals surface area contributed by atoms with Crippen LogP contribution < -0.4 is 0 Å². The highest BCUT2D eigenvalue weighted by Gasteiger charge is 2.26. The van der Waals surface area contributed by atoms with E-state index in [-0.39, 0.29) is 18.1 Å². The number of hydrogen-bond acceptors (Lipinski definition) is 4. The summed E-state index contributed by atoms with van der Waals surface area (Å²) in [6.45, 7) is 7.43. The lowest BCUT2D eigenvalue weighted by Crippen LogP contribution is -2.48. The fraction of sp³-hybridized carbons (Fsp3) is 0.400. The van der Waals surface area contributed by atoms with Gasteiger partial charge in [-0.15, -0.1) is 11.3 Å². The average Bonchev–Trinajstić information content (AvgIpc) is 3.16. The van der Waals surface area contributed by atoms with E-state index in [9.17, 15) is 4.79 Å². The number of aromatic nitrogens is 2. The fourth-order valence-electron chi connectivity index (χ4n) is 3.47. The predicted molar refractivity (Wildman–Crippen MR) is 104 cm³/mol. The minimum absolute atomic E-state index is 0.0894. The fourth-order valence-corrected chi connectivity index (χ4v) is 4.34. The lowest BCUT2D eigenvalue weighted by molar-refractivity contribution is -0.142. The lowest BCUT2D eigenvalue weighted by atomic mass is 10.1. The first kappa shape index (κ1) is 17.2. The van der Waals surface area contributed by atoms with Crippen LogP contribution in [0.2, 0.25) is 0 Å². The van der Waals surface area contributed by atoms with Crippen LogP contribution >= 0.6 is 11.3 Å². The van der Waals surface area contributed by atoms with Crippen LogP contribution in [-0.2, 0) is 16.0 Å². The summed E-state index contributed by atoms with van der Waals surface area (Å²) in [7, 11) is 0. The average molecular weight is 369 g/mol. The third kappa shape index (κ3) is 3.39. The molecule has 1 fully saturated rings. The predicted octanol–water partition coefficient (Wildman–Crippen LogP) is 3.55. The molecule has 2 aromatic heterocycles. The second kappa shape index (κ2) is 6.85. The van der Waals surface area contributed by atoms with Gasteiger partial charge in [-0.25, -0.2) is 4.98 Å². The Morgan fingerprint density at radius 3 is 2.62 bits per heavy atom. The number of rotatable bonds is 3. The molecule has 5 nitrogen and oxygen atoms in total. The summed E-state index contributed by atoms with van der Waals surface area (Å²) in [5.41, 5.74) is 4.27. The molecule has 0 saturated carbocycles. The van der Waals surface area contributed by atoms with Gasteiger partial charge in [0.15, 0.2) is 4.96 Å². The van der Waals surface area contributed by atoms with Crippen LogP contribution in [0.5, 0.6) is 0 Å². The quantitative estimate of drug-likeness (QED) is 0.709. The number of nitrogens with zero attached hydrogens (tertiary/aromatic N) is 3. The number of fused-ring (bicyclic) bond motifs is 1. The molecule has 136 valence electrons. The number of ether oxygens (including phenoxy) is 1. The maximum absolute atomic E-state index is 12.8. The maximum atomic E-state index is 12.8. The van der Waals surface area contributed by atoms with Crippen LogP contribution in [-0.4, -0.2) is 45.5 Å². The smallest absolute Gasteiger partial charge is 0.228 e. The molecule has 1 aliphatic rings. The largest absolute Gasteiger partial charge is 0.372 e. The third-order valence-electron chi connectivity index (χ3n) is 4.74. The molecule has 1 aromatic carbocycles. The monoisotopic (exact) mass is 369 g/mol. The van der Waals surface area contributed by atoms with Gasteiger partial charge in [0.25, 0.3) is 0 Å². The van der Waals surface area contributed by atoms with Gasteiger partial charge >= 0.3 is 0 Å². The van der Waals surface area contributed by atoms with Crippen molar-refractivity contribution in [3.8, 4) is 11.3 Å². The molecule has 2 atom stereocenters. The van der Waals surface area contributed by atoms with E-state index in [4.69, 9.17) is 9.72 Å². The van der Waals surface area contributed by atoms with Crippen LogP contribution in [0.1, 0.15) is 25.1 Å². The van der Waals surface area contributed by atoms with Crippen molar-refractivity contribution >= 4 is 22.2 Å². The van der Waals surface area contributed by atoms with Crippen LogP contribution in [0.15, 0.2) is 35.8 Å².